The number of aromatic amines is 1. The van der Waals surface area contributed by atoms with Crippen molar-refractivity contribution in [3.05, 3.63) is 40.3 Å². The second-order valence-corrected chi connectivity index (χ2v) is 5.78. The lowest BCUT2D eigenvalue weighted by Gasteiger charge is -2.35. The molecule has 2 aromatic rings. The van der Waals surface area contributed by atoms with Crippen molar-refractivity contribution in [1.82, 2.24) is 15.1 Å². The highest BCUT2D eigenvalue weighted by Gasteiger charge is 2.26. The molecule has 22 heavy (non-hydrogen) atoms. The number of nitrogens with one attached hydrogen (secondary N) is 1. The first-order valence-corrected chi connectivity index (χ1v) is 7.44. The number of ether oxygens (including phenoxy) is 1. The van der Waals surface area contributed by atoms with Crippen LogP contribution >= 0.6 is 0 Å². The highest BCUT2D eigenvalue weighted by atomic mass is 16.5. The number of nitrogens with zero attached hydrogens (tertiary/aromatic N) is 2. The molecule has 1 fully saturated rings. The molecule has 2 heterocycles. The van der Waals surface area contributed by atoms with Crippen LogP contribution in [0.1, 0.15) is 19.5 Å². The summed E-state index contributed by atoms with van der Waals surface area (Å²) < 4.78 is 5.65. The second-order valence-electron chi connectivity index (χ2n) is 5.78. The number of carbonyl (C=O) groups is 1. The first-order valence-electron chi connectivity index (χ1n) is 7.44. The quantitative estimate of drug-likeness (QED) is 0.901. The summed E-state index contributed by atoms with van der Waals surface area (Å²) in [5.74, 6) is 0.00621. The van der Waals surface area contributed by atoms with Gasteiger partial charge < -0.3 is 9.64 Å². The van der Waals surface area contributed by atoms with Gasteiger partial charge in [0.1, 0.15) is 0 Å². The Kier molecular flexibility index (Phi) is 3.94. The maximum Gasteiger partial charge on any atom is 0.272 e. The number of hydrogen-bond donors (Lipinski definition) is 1. The summed E-state index contributed by atoms with van der Waals surface area (Å²) in [5.41, 5.74) is 0.368. The number of rotatable bonds is 2. The average molecular weight is 301 g/mol. The molecule has 0 radical (unpaired) electrons. The molecule has 1 saturated heterocycles. The summed E-state index contributed by atoms with van der Waals surface area (Å²) in [6.45, 7) is 5.10. The Morgan fingerprint density at radius 3 is 2.59 bits per heavy atom. The van der Waals surface area contributed by atoms with Gasteiger partial charge in [0.05, 0.1) is 29.7 Å². The van der Waals surface area contributed by atoms with Crippen LogP contribution in [0.5, 0.6) is 0 Å². The SMILES string of the molecule is C[C@@H]1CN(C(=O)Cc2n[nH]c(=O)c3ccccc23)C[C@@H](C)O1. The minimum absolute atomic E-state index is 0.00621. The van der Waals surface area contributed by atoms with Crippen LogP contribution in [0.4, 0.5) is 0 Å². The summed E-state index contributed by atoms with van der Waals surface area (Å²) in [5, 5.41) is 7.82. The fourth-order valence-corrected chi connectivity index (χ4v) is 2.94. The van der Waals surface area contributed by atoms with Crippen LogP contribution in [0.15, 0.2) is 29.1 Å². The Hall–Kier alpha value is -2.21. The zero-order chi connectivity index (χ0) is 15.7. The summed E-state index contributed by atoms with van der Waals surface area (Å²) in [6, 6.07) is 7.21. The van der Waals surface area contributed by atoms with Gasteiger partial charge in [-0.2, -0.15) is 5.10 Å². The van der Waals surface area contributed by atoms with Crippen molar-refractivity contribution < 1.29 is 9.53 Å². The van der Waals surface area contributed by atoms with Gasteiger partial charge in [0, 0.05) is 18.5 Å². The Balaban J connectivity index is 1.86. The van der Waals surface area contributed by atoms with E-state index in [1.54, 1.807) is 17.0 Å². The summed E-state index contributed by atoms with van der Waals surface area (Å²) in [6.07, 6.45) is 0.248. The molecule has 0 spiro atoms. The van der Waals surface area contributed by atoms with Crippen LogP contribution in [-0.2, 0) is 16.0 Å². The smallest absolute Gasteiger partial charge is 0.272 e. The third-order valence-electron chi connectivity index (χ3n) is 3.87. The number of H-pyrrole nitrogens is 1. The average Bonchev–Trinajstić information content (AvgIpc) is 2.49. The third-order valence-corrected chi connectivity index (χ3v) is 3.87. The summed E-state index contributed by atoms with van der Waals surface area (Å²) in [7, 11) is 0. The zero-order valence-corrected chi connectivity index (χ0v) is 12.7. The minimum Gasteiger partial charge on any atom is -0.372 e. The van der Waals surface area contributed by atoms with Gasteiger partial charge in [0.15, 0.2) is 0 Å². The Morgan fingerprint density at radius 2 is 1.91 bits per heavy atom. The van der Waals surface area contributed by atoms with Crippen molar-refractivity contribution in [2.45, 2.75) is 32.5 Å². The molecule has 1 aromatic carbocycles. The van der Waals surface area contributed by atoms with E-state index in [-0.39, 0.29) is 30.1 Å². The lowest BCUT2D eigenvalue weighted by molar-refractivity contribution is -0.142. The van der Waals surface area contributed by atoms with Gasteiger partial charge in [-0.25, -0.2) is 5.10 Å². The van der Waals surface area contributed by atoms with Crippen molar-refractivity contribution in [2.24, 2.45) is 0 Å². The molecule has 2 atom stereocenters. The largest absolute Gasteiger partial charge is 0.372 e. The van der Waals surface area contributed by atoms with Crippen molar-refractivity contribution in [2.75, 3.05) is 13.1 Å². The van der Waals surface area contributed by atoms with Crippen LogP contribution in [0, 0.1) is 0 Å². The fraction of sp³-hybridized carbons (Fsp3) is 0.438. The molecule has 1 aromatic heterocycles. The normalized spacial score (nSPS) is 22.0. The maximum atomic E-state index is 12.5. The fourth-order valence-electron chi connectivity index (χ4n) is 2.94. The number of amides is 1. The number of morpholine rings is 1. The Morgan fingerprint density at radius 1 is 1.27 bits per heavy atom. The first kappa shape index (κ1) is 14.7. The molecule has 6 nitrogen and oxygen atoms in total. The van der Waals surface area contributed by atoms with E-state index in [4.69, 9.17) is 4.74 Å². The van der Waals surface area contributed by atoms with Crippen molar-refractivity contribution >= 4 is 16.7 Å². The topological polar surface area (TPSA) is 75.3 Å². The van der Waals surface area contributed by atoms with Crippen molar-refractivity contribution in [3.63, 3.8) is 0 Å². The molecule has 6 heteroatoms. The van der Waals surface area contributed by atoms with E-state index in [0.29, 0.717) is 24.2 Å². The van der Waals surface area contributed by atoms with E-state index in [1.165, 1.54) is 0 Å². The summed E-state index contributed by atoms with van der Waals surface area (Å²) in [4.78, 5) is 26.1. The first-order chi connectivity index (χ1) is 10.5. The van der Waals surface area contributed by atoms with Crippen LogP contribution < -0.4 is 5.56 Å². The van der Waals surface area contributed by atoms with E-state index >= 15 is 0 Å². The molecule has 1 amide bonds. The van der Waals surface area contributed by atoms with Gasteiger partial charge in [-0.3, -0.25) is 9.59 Å². The van der Waals surface area contributed by atoms with Crippen LogP contribution in [0.3, 0.4) is 0 Å². The predicted molar refractivity (Wildman–Crippen MR) is 82.7 cm³/mol. The second kappa shape index (κ2) is 5.88. The van der Waals surface area contributed by atoms with Crippen molar-refractivity contribution in [1.29, 1.82) is 0 Å². The summed E-state index contributed by atoms with van der Waals surface area (Å²) >= 11 is 0. The van der Waals surface area contributed by atoms with Gasteiger partial charge >= 0.3 is 0 Å². The molecular formula is C16H19N3O3. The number of benzene rings is 1. The lowest BCUT2D eigenvalue weighted by atomic mass is 10.1. The van der Waals surface area contributed by atoms with Crippen LogP contribution in [0.2, 0.25) is 0 Å². The molecule has 0 aliphatic carbocycles. The number of fused-ring (bicyclic) bond motifs is 1. The van der Waals surface area contributed by atoms with E-state index < -0.39 is 0 Å². The van der Waals surface area contributed by atoms with Crippen LogP contribution in [0.25, 0.3) is 10.8 Å². The third kappa shape index (κ3) is 2.87. The van der Waals surface area contributed by atoms with Gasteiger partial charge in [-0.15, -0.1) is 0 Å². The van der Waals surface area contributed by atoms with Gasteiger partial charge in [-0.1, -0.05) is 18.2 Å². The highest BCUT2D eigenvalue weighted by molar-refractivity contribution is 5.88. The standard InChI is InChI=1S/C16H19N3O3/c1-10-8-19(9-11(2)22-10)15(20)7-14-12-5-3-4-6-13(12)16(21)18-17-14/h3-6,10-11H,7-9H2,1-2H3,(H,18,21)/t10-,11-/m1/s1. The lowest BCUT2D eigenvalue weighted by Crippen LogP contribution is -2.48. The van der Waals surface area contributed by atoms with Gasteiger partial charge in [0.25, 0.3) is 5.56 Å². The molecule has 3 rings (SSSR count). The zero-order valence-electron chi connectivity index (χ0n) is 12.7. The molecule has 0 bridgehead atoms. The number of hydrogen-bond acceptors (Lipinski definition) is 4. The van der Waals surface area contributed by atoms with Gasteiger partial charge in [-0.05, 0) is 19.9 Å². The van der Waals surface area contributed by atoms with Gasteiger partial charge in [0.2, 0.25) is 5.91 Å². The van der Waals surface area contributed by atoms with E-state index in [9.17, 15) is 9.59 Å². The molecular weight excluding hydrogens is 282 g/mol. The monoisotopic (exact) mass is 301 g/mol. The highest BCUT2D eigenvalue weighted by Crippen LogP contribution is 2.16. The van der Waals surface area contributed by atoms with E-state index in [0.717, 1.165) is 5.39 Å². The van der Waals surface area contributed by atoms with E-state index in [1.807, 2.05) is 26.0 Å². The number of carbonyl (C=O) groups excluding carboxylic acids is 1. The van der Waals surface area contributed by atoms with Crippen LogP contribution in [-0.4, -0.2) is 46.3 Å². The molecule has 0 saturated carbocycles. The maximum absolute atomic E-state index is 12.5. The molecule has 1 N–H and O–H groups in total. The Bertz CT molecular complexity index is 746. The molecule has 0 unspecified atom stereocenters. The van der Waals surface area contributed by atoms with E-state index in [2.05, 4.69) is 10.2 Å². The van der Waals surface area contributed by atoms with Crippen molar-refractivity contribution in [3.8, 4) is 0 Å². The molecule has 1 aliphatic rings. The predicted octanol–water partition coefficient (Wildman–Crippen LogP) is 1.10. The number of aromatic nitrogens is 2. The Labute approximate surface area is 128 Å². The molecule has 116 valence electrons. The minimum atomic E-state index is -0.236. The molecule has 1 aliphatic heterocycles.